The second-order valence-corrected chi connectivity index (χ2v) is 13.1. The van der Waals surface area contributed by atoms with Crippen molar-refractivity contribution in [1.29, 1.82) is 0 Å². The summed E-state index contributed by atoms with van der Waals surface area (Å²) >= 11 is 0. The number of carbonyl (C=O) groups excluding carboxylic acids is 1. The number of fused-ring (bicyclic) bond motifs is 1. The topological polar surface area (TPSA) is 175 Å². The first-order valence-electron chi connectivity index (χ1n) is 15.7. The molecule has 0 amide bonds. The van der Waals surface area contributed by atoms with E-state index in [-0.39, 0.29) is 58.6 Å². The number of anilines is 1. The highest BCUT2D eigenvalue weighted by Gasteiger charge is 2.33. The van der Waals surface area contributed by atoms with Gasteiger partial charge in [-0.1, -0.05) is 29.5 Å². The second-order valence-electron chi connectivity index (χ2n) is 11.4. The quantitative estimate of drug-likeness (QED) is 0.0709. The summed E-state index contributed by atoms with van der Waals surface area (Å²) in [4.78, 5) is 37.0. The molecule has 3 heterocycles. The van der Waals surface area contributed by atoms with Gasteiger partial charge in [0.1, 0.15) is 5.69 Å². The van der Waals surface area contributed by atoms with Crippen molar-refractivity contribution in [2.24, 2.45) is 0 Å². The number of imidazole rings is 1. The molecule has 0 bridgehead atoms. The zero-order valence-electron chi connectivity index (χ0n) is 28.2. The van der Waals surface area contributed by atoms with Crippen LogP contribution in [0.15, 0.2) is 61.2 Å². The lowest BCUT2D eigenvalue weighted by Gasteiger charge is -2.11. The Hall–Kier alpha value is -4.51. The van der Waals surface area contributed by atoms with Crippen molar-refractivity contribution in [2.75, 3.05) is 51.6 Å². The standard InChI is InChI=1S/C18H23F3N3O7P.C15H16N4/c19-18(20,21)17-9-14(1-2-15(17)12-25)10-24-11-16(22-23-24)13-31-6-5-29-3-4-30-7-8-32(26,27)28;1-10-7-17-15-18-14(9-19(15)8-10)12-5-4-11(2)13(6-12)16-3/h1-2,9,11-12H,3-8,10,13H2,(H2,26,27,28);4-9,16H,1-3H3. The van der Waals surface area contributed by atoms with Crippen LogP contribution >= 0.6 is 7.60 Å². The lowest BCUT2D eigenvalue weighted by molar-refractivity contribution is -0.137. The minimum absolute atomic E-state index is 0.0420. The van der Waals surface area contributed by atoms with Crippen LogP contribution in [0, 0.1) is 13.8 Å². The van der Waals surface area contributed by atoms with Gasteiger partial charge in [0.2, 0.25) is 5.78 Å². The van der Waals surface area contributed by atoms with Crippen LogP contribution in [0.25, 0.3) is 17.0 Å². The third kappa shape index (κ3) is 12.3. The maximum atomic E-state index is 13.1. The van der Waals surface area contributed by atoms with Crippen molar-refractivity contribution >= 4 is 25.3 Å². The summed E-state index contributed by atoms with van der Waals surface area (Å²) in [6, 6.07) is 9.76. The van der Waals surface area contributed by atoms with Crippen molar-refractivity contribution < 1.29 is 46.5 Å². The lowest BCUT2D eigenvalue weighted by atomic mass is 10.0. The Morgan fingerprint density at radius 2 is 1.69 bits per heavy atom. The molecule has 0 fully saturated rings. The Morgan fingerprint density at radius 3 is 2.37 bits per heavy atom. The summed E-state index contributed by atoms with van der Waals surface area (Å²) < 4.78 is 68.7. The van der Waals surface area contributed by atoms with Crippen LogP contribution in [0.2, 0.25) is 0 Å². The van der Waals surface area contributed by atoms with E-state index < -0.39 is 24.9 Å². The molecule has 0 aliphatic heterocycles. The number of carbonyl (C=O) groups is 1. The molecule has 0 unspecified atom stereocenters. The molecule has 18 heteroatoms. The lowest BCUT2D eigenvalue weighted by Crippen LogP contribution is -2.11. The van der Waals surface area contributed by atoms with Gasteiger partial charge in [-0.05, 0) is 42.7 Å². The van der Waals surface area contributed by atoms with Crippen LogP contribution in [0.1, 0.15) is 38.3 Å². The Bertz CT molecular complexity index is 1950. The fraction of sp³-hybridized carbons (Fsp3) is 0.364. The first-order chi connectivity index (χ1) is 24.3. The van der Waals surface area contributed by atoms with Gasteiger partial charge in [0.25, 0.3) is 0 Å². The van der Waals surface area contributed by atoms with Gasteiger partial charge in [-0.2, -0.15) is 13.2 Å². The highest BCUT2D eigenvalue weighted by atomic mass is 31.2. The molecule has 5 rings (SSSR count). The molecule has 0 spiro atoms. The number of alkyl halides is 3. The largest absolute Gasteiger partial charge is 0.417 e. The normalized spacial score (nSPS) is 11.8. The summed E-state index contributed by atoms with van der Waals surface area (Å²) in [5, 5.41) is 10.9. The number of halogens is 3. The van der Waals surface area contributed by atoms with Crippen LogP contribution < -0.4 is 5.32 Å². The summed E-state index contributed by atoms with van der Waals surface area (Å²) in [5.74, 6) is 0.729. The number of ether oxygens (including phenoxy) is 3. The van der Waals surface area contributed by atoms with Crippen LogP contribution in [-0.2, 0) is 38.1 Å². The molecule has 274 valence electrons. The predicted molar refractivity (Wildman–Crippen MR) is 182 cm³/mol. The molecule has 0 atom stereocenters. The number of benzene rings is 2. The zero-order chi connectivity index (χ0) is 37.0. The Balaban J connectivity index is 0.000000258. The maximum absolute atomic E-state index is 13.1. The molecule has 2 aromatic carbocycles. The smallest absolute Gasteiger partial charge is 0.388 e. The molecule has 0 saturated carbocycles. The van der Waals surface area contributed by atoms with E-state index in [4.69, 9.17) is 24.0 Å². The number of nitrogens with one attached hydrogen (secondary N) is 1. The van der Waals surface area contributed by atoms with E-state index in [1.807, 2.05) is 37.0 Å². The van der Waals surface area contributed by atoms with Crippen LogP contribution in [-0.4, -0.2) is 91.7 Å². The van der Waals surface area contributed by atoms with E-state index >= 15 is 0 Å². The number of aromatic nitrogens is 6. The van der Waals surface area contributed by atoms with Gasteiger partial charge in [0, 0.05) is 42.5 Å². The van der Waals surface area contributed by atoms with Gasteiger partial charge < -0.3 is 29.3 Å². The number of aryl methyl sites for hydroxylation is 2. The molecule has 3 aromatic heterocycles. The minimum atomic E-state index is -4.63. The molecule has 51 heavy (non-hydrogen) atoms. The molecule has 14 nitrogen and oxygen atoms in total. The number of hydrogen-bond donors (Lipinski definition) is 3. The average Bonchev–Trinajstić information content (AvgIpc) is 3.71. The van der Waals surface area contributed by atoms with E-state index in [9.17, 15) is 22.5 Å². The minimum Gasteiger partial charge on any atom is -0.388 e. The number of rotatable bonds is 16. The van der Waals surface area contributed by atoms with Crippen LogP contribution in [0.3, 0.4) is 0 Å². The first kappa shape index (κ1) is 39.3. The van der Waals surface area contributed by atoms with Gasteiger partial charge in [-0.15, -0.1) is 5.10 Å². The monoisotopic (exact) mass is 733 g/mol. The van der Waals surface area contributed by atoms with Gasteiger partial charge in [-0.25, -0.2) is 14.6 Å². The Morgan fingerprint density at radius 1 is 0.961 bits per heavy atom. The van der Waals surface area contributed by atoms with Crippen molar-refractivity contribution in [3.8, 4) is 11.3 Å². The molecule has 0 aliphatic rings. The number of hydrogen-bond acceptors (Lipinski definition) is 10. The molecular weight excluding hydrogens is 694 g/mol. The van der Waals surface area contributed by atoms with Gasteiger partial charge in [0.05, 0.1) is 69.8 Å². The molecule has 0 saturated heterocycles. The van der Waals surface area contributed by atoms with E-state index in [1.54, 1.807) is 0 Å². The second kappa shape index (κ2) is 18.1. The van der Waals surface area contributed by atoms with Crippen molar-refractivity contribution in [1.82, 2.24) is 29.4 Å². The Kier molecular flexibility index (Phi) is 14.0. The van der Waals surface area contributed by atoms with E-state index in [0.717, 1.165) is 40.4 Å². The molecular formula is C33H39F3N7O7P. The third-order valence-electron chi connectivity index (χ3n) is 7.24. The molecule has 3 N–H and O–H groups in total. The van der Waals surface area contributed by atoms with Gasteiger partial charge >= 0.3 is 13.8 Å². The summed E-state index contributed by atoms with van der Waals surface area (Å²) in [6.45, 7) is 5.17. The SMILES string of the molecule is CNc1cc(-c2cn3cc(C)cnc3n2)ccc1C.O=Cc1ccc(Cn2cc(COCCOCCOCCP(=O)(O)O)nn2)cc1C(F)(F)F. The molecule has 5 aromatic rings. The van der Waals surface area contributed by atoms with E-state index in [2.05, 4.69) is 50.7 Å². The fourth-order valence-electron chi connectivity index (χ4n) is 4.70. The van der Waals surface area contributed by atoms with E-state index in [0.29, 0.717) is 11.3 Å². The first-order valence-corrected chi connectivity index (χ1v) is 17.5. The van der Waals surface area contributed by atoms with Gasteiger partial charge in [-0.3, -0.25) is 13.8 Å². The average molecular weight is 734 g/mol. The van der Waals surface area contributed by atoms with Crippen LogP contribution in [0.5, 0.6) is 0 Å². The van der Waals surface area contributed by atoms with Crippen molar-refractivity contribution in [2.45, 2.75) is 33.2 Å². The highest BCUT2D eigenvalue weighted by molar-refractivity contribution is 7.51. The highest BCUT2D eigenvalue weighted by Crippen LogP contribution is 2.33. The predicted octanol–water partition coefficient (Wildman–Crippen LogP) is 4.94. The number of aldehydes is 1. The zero-order valence-corrected chi connectivity index (χ0v) is 29.1. The Labute approximate surface area is 291 Å². The van der Waals surface area contributed by atoms with Crippen molar-refractivity contribution in [3.05, 3.63) is 94.7 Å². The van der Waals surface area contributed by atoms with Crippen molar-refractivity contribution in [3.63, 3.8) is 0 Å². The molecule has 0 aliphatic carbocycles. The van der Waals surface area contributed by atoms with Gasteiger partial charge in [0.15, 0.2) is 6.29 Å². The maximum Gasteiger partial charge on any atom is 0.417 e. The number of nitrogens with zero attached hydrogens (tertiary/aromatic N) is 6. The summed E-state index contributed by atoms with van der Waals surface area (Å²) in [5.41, 5.74) is 4.87. The fourth-order valence-corrected chi connectivity index (χ4v) is 5.06. The summed E-state index contributed by atoms with van der Waals surface area (Å²) in [6.07, 6.45) is 2.61. The van der Waals surface area contributed by atoms with E-state index in [1.165, 1.54) is 22.5 Å². The third-order valence-corrected chi connectivity index (χ3v) is 8.01. The summed E-state index contributed by atoms with van der Waals surface area (Å²) in [7, 11) is -2.12. The molecule has 0 radical (unpaired) electrons. The van der Waals surface area contributed by atoms with Crippen LogP contribution in [0.4, 0.5) is 18.9 Å².